The summed E-state index contributed by atoms with van der Waals surface area (Å²) in [6.45, 7) is 1.65. The molecule has 1 aliphatic heterocycles. The molecule has 4 aromatic heterocycles. The average molecular weight is 443 g/mol. The average Bonchev–Trinajstić information content (AvgIpc) is 3.35. The van der Waals surface area contributed by atoms with Crippen molar-refractivity contribution in [3.8, 4) is 11.4 Å². The number of aryl methyl sites for hydroxylation is 2. The van der Waals surface area contributed by atoms with Gasteiger partial charge in [-0.2, -0.15) is 5.10 Å². The highest BCUT2D eigenvalue weighted by Gasteiger charge is 2.50. The molecule has 33 heavy (non-hydrogen) atoms. The number of amides is 1. The normalized spacial score (nSPS) is 17.2. The molecule has 2 aliphatic rings. The van der Waals surface area contributed by atoms with Gasteiger partial charge < -0.3 is 14.6 Å². The predicted molar refractivity (Wildman–Crippen MR) is 124 cm³/mol. The fourth-order valence-corrected chi connectivity index (χ4v) is 4.99. The van der Waals surface area contributed by atoms with Crippen molar-refractivity contribution in [2.75, 3.05) is 13.2 Å². The van der Waals surface area contributed by atoms with Crippen molar-refractivity contribution in [2.24, 2.45) is 19.5 Å². The standard InChI is InChI=1S/C25H26N6O2/c1-30-7-5-19-17(9-16-3-4-20(26-13-16)21-6-8-31(2)29-21)10-22(28-23(19)30)24(32)27-18-11-25(12-18)14-33-15-25/h3-8,10,13,18H,9,11-12,14-15H2,1-2H3,(H,27,32). The largest absolute Gasteiger partial charge is 0.380 e. The molecule has 2 fully saturated rings. The summed E-state index contributed by atoms with van der Waals surface area (Å²) in [6, 6.07) is 10.2. The van der Waals surface area contributed by atoms with Crippen molar-refractivity contribution >= 4 is 16.9 Å². The Balaban J connectivity index is 1.24. The predicted octanol–water partition coefficient (Wildman–Crippen LogP) is 2.87. The van der Waals surface area contributed by atoms with Crippen molar-refractivity contribution < 1.29 is 9.53 Å². The molecule has 1 spiro atoms. The van der Waals surface area contributed by atoms with Crippen LogP contribution in [0.5, 0.6) is 0 Å². The van der Waals surface area contributed by atoms with Gasteiger partial charge in [0.1, 0.15) is 17.0 Å². The Bertz CT molecular complexity index is 1340. The van der Waals surface area contributed by atoms with Crippen molar-refractivity contribution in [1.82, 2.24) is 29.6 Å². The van der Waals surface area contributed by atoms with Gasteiger partial charge in [0.15, 0.2) is 0 Å². The summed E-state index contributed by atoms with van der Waals surface area (Å²) in [4.78, 5) is 22.3. The second-order valence-corrected chi connectivity index (χ2v) is 9.51. The molecule has 0 aromatic carbocycles. The van der Waals surface area contributed by atoms with Gasteiger partial charge in [-0.25, -0.2) is 4.98 Å². The zero-order valence-corrected chi connectivity index (χ0v) is 18.8. The second-order valence-electron chi connectivity index (χ2n) is 9.51. The molecule has 1 saturated heterocycles. The number of rotatable bonds is 5. The molecule has 8 nitrogen and oxygen atoms in total. The van der Waals surface area contributed by atoms with E-state index in [4.69, 9.17) is 4.74 Å². The first-order chi connectivity index (χ1) is 16.0. The van der Waals surface area contributed by atoms with Gasteiger partial charge in [0.05, 0.1) is 18.9 Å². The molecule has 0 unspecified atom stereocenters. The molecule has 0 atom stereocenters. The van der Waals surface area contributed by atoms with Gasteiger partial charge in [-0.05, 0) is 54.7 Å². The highest BCUT2D eigenvalue weighted by molar-refractivity contribution is 5.96. The quantitative estimate of drug-likeness (QED) is 0.514. The number of hydrogen-bond acceptors (Lipinski definition) is 5. The molecule has 1 N–H and O–H groups in total. The maximum Gasteiger partial charge on any atom is 0.270 e. The lowest BCUT2D eigenvalue weighted by Gasteiger charge is -2.53. The van der Waals surface area contributed by atoms with Gasteiger partial charge in [0.25, 0.3) is 5.91 Å². The second kappa shape index (κ2) is 7.52. The number of fused-ring (bicyclic) bond motifs is 1. The van der Waals surface area contributed by atoms with Crippen LogP contribution in [0.15, 0.2) is 48.9 Å². The summed E-state index contributed by atoms with van der Waals surface area (Å²) in [7, 11) is 3.85. The number of nitrogens with zero attached hydrogens (tertiary/aromatic N) is 5. The van der Waals surface area contributed by atoms with Crippen LogP contribution in [-0.2, 0) is 25.3 Å². The van der Waals surface area contributed by atoms with Crippen LogP contribution in [0.4, 0.5) is 0 Å². The Morgan fingerprint density at radius 2 is 2.00 bits per heavy atom. The Kier molecular flexibility index (Phi) is 4.58. The van der Waals surface area contributed by atoms with Crippen LogP contribution < -0.4 is 5.32 Å². The molecule has 0 radical (unpaired) electrons. The summed E-state index contributed by atoms with van der Waals surface area (Å²) in [5.41, 5.74) is 5.42. The zero-order valence-electron chi connectivity index (χ0n) is 18.8. The van der Waals surface area contributed by atoms with Crippen molar-refractivity contribution in [3.05, 3.63) is 65.7 Å². The Morgan fingerprint density at radius 1 is 1.15 bits per heavy atom. The van der Waals surface area contributed by atoms with Crippen LogP contribution in [0.1, 0.15) is 34.5 Å². The first kappa shape index (κ1) is 20.1. The summed E-state index contributed by atoms with van der Waals surface area (Å²) in [5, 5.41) is 8.63. The highest BCUT2D eigenvalue weighted by Crippen LogP contribution is 2.46. The van der Waals surface area contributed by atoms with Crippen LogP contribution in [0.2, 0.25) is 0 Å². The fourth-order valence-electron chi connectivity index (χ4n) is 4.99. The van der Waals surface area contributed by atoms with E-state index in [2.05, 4.69) is 32.5 Å². The number of aromatic nitrogens is 5. The zero-order chi connectivity index (χ0) is 22.6. The Morgan fingerprint density at radius 3 is 2.67 bits per heavy atom. The van der Waals surface area contributed by atoms with E-state index in [9.17, 15) is 4.79 Å². The summed E-state index contributed by atoms with van der Waals surface area (Å²) in [5.74, 6) is -0.108. The third kappa shape index (κ3) is 3.60. The minimum atomic E-state index is -0.108. The van der Waals surface area contributed by atoms with Gasteiger partial charge in [0.2, 0.25) is 0 Å². The molecule has 168 valence electrons. The van der Waals surface area contributed by atoms with Crippen LogP contribution in [0.25, 0.3) is 22.4 Å². The van der Waals surface area contributed by atoms with E-state index in [1.54, 1.807) is 4.68 Å². The van der Waals surface area contributed by atoms with Crippen LogP contribution in [-0.4, -0.2) is 49.5 Å². The molecule has 4 aromatic rings. The topological polar surface area (TPSA) is 86.9 Å². The number of nitrogens with one attached hydrogen (secondary N) is 1. The van der Waals surface area contributed by atoms with Gasteiger partial charge in [-0.3, -0.25) is 14.5 Å². The van der Waals surface area contributed by atoms with E-state index in [0.29, 0.717) is 17.5 Å². The number of carbonyl (C=O) groups excluding carboxylic acids is 1. The SMILES string of the molecule is Cn1ccc(-c2ccc(Cc3cc(C(=O)NC4CC5(COC5)C4)nc4c3ccn4C)cn2)n1. The molecule has 0 bridgehead atoms. The lowest BCUT2D eigenvalue weighted by molar-refractivity contribution is -0.165. The van der Waals surface area contributed by atoms with E-state index in [1.165, 1.54) is 0 Å². The highest BCUT2D eigenvalue weighted by atomic mass is 16.5. The van der Waals surface area contributed by atoms with Gasteiger partial charge in [-0.15, -0.1) is 0 Å². The molecule has 1 aliphatic carbocycles. The number of carbonyl (C=O) groups is 1. The Labute approximate surface area is 191 Å². The third-order valence-corrected chi connectivity index (χ3v) is 6.86. The van der Waals surface area contributed by atoms with E-state index >= 15 is 0 Å². The van der Waals surface area contributed by atoms with Gasteiger partial charge in [-0.1, -0.05) is 6.07 Å². The summed E-state index contributed by atoms with van der Waals surface area (Å²) >= 11 is 0. The Hall–Kier alpha value is -3.52. The van der Waals surface area contributed by atoms with E-state index in [1.807, 2.05) is 55.5 Å². The number of ether oxygens (including phenoxy) is 1. The van der Waals surface area contributed by atoms with E-state index < -0.39 is 0 Å². The molecule has 8 heteroatoms. The molecular weight excluding hydrogens is 416 g/mol. The van der Waals surface area contributed by atoms with E-state index in [0.717, 1.165) is 59.6 Å². The van der Waals surface area contributed by atoms with Gasteiger partial charge in [0, 0.05) is 49.5 Å². The number of pyridine rings is 2. The number of hydrogen-bond donors (Lipinski definition) is 1. The van der Waals surface area contributed by atoms with Crippen LogP contribution >= 0.6 is 0 Å². The first-order valence-corrected chi connectivity index (χ1v) is 11.3. The fraction of sp³-hybridized carbons (Fsp3) is 0.360. The maximum atomic E-state index is 13.0. The first-order valence-electron chi connectivity index (χ1n) is 11.3. The molecule has 1 amide bonds. The van der Waals surface area contributed by atoms with E-state index in [-0.39, 0.29) is 11.9 Å². The molecule has 1 saturated carbocycles. The van der Waals surface area contributed by atoms with Crippen molar-refractivity contribution in [1.29, 1.82) is 0 Å². The van der Waals surface area contributed by atoms with Crippen LogP contribution in [0, 0.1) is 5.41 Å². The van der Waals surface area contributed by atoms with Crippen molar-refractivity contribution in [2.45, 2.75) is 25.3 Å². The maximum absolute atomic E-state index is 13.0. The lowest BCUT2D eigenvalue weighted by atomic mass is 9.64. The third-order valence-electron chi connectivity index (χ3n) is 6.86. The lowest BCUT2D eigenvalue weighted by Crippen LogP contribution is -2.59. The van der Waals surface area contributed by atoms with Crippen molar-refractivity contribution in [3.63, 3.8) is 0 Å². The molecule has 5 heterocycles. The molecule has 6 rings (SSSR count). The molecular formula is C25H26N6O2. The van der Waals surface area contributed by atoms with Gasteiger partial charge >= 0.3 is 0 Å². The smallest absolute Gasteiger partial charge is 0.270 e. The summed E-state index contributed by atoms with van der Waals surface area (Å²) in [6.07, 6.45) is 8.43. The summed E-state index contributed by atoms with van der Waals surface area (Å²) < 4.78 is 9.07. The van der Waals surface area contributed by atoms with Crippen LogP contribution in [0.3, 0.4) is 0 Å². The monoisotopic (exact) mass is 442 g/mol. The minimum Gasteiger partial charge on any atom is -0.380 e. The minimum absolute atomic E-state index is 0.108.